The molecule has 0 bridgehead atoms. The van der Waals surface area contributed by atoms with Gasteiger partial charge in [0.15, 0.2) is 11.6 Å². The third-order valence-electron chi connectivity index (χ3n) is 3.90. The lowest BCUT2D eigenvalue weighted by Crippen LogP contribution is -2.36. The van der Waals surface area contributed by atoms with Crippen LogP contribution in [0.3, 0.4) is 0 Å². The molecule has 3 amide bonds. The third-order valence-corrected chi connectivity index (χ3v) is 4.81. The fraction of sp³-hybridized carbons (Fsp3) is 0.375. The predicted octanol–water partition coefficient (Wildman–Crippen LogP) is 2.12. The highest BCUT2D eigenvalue weighted by Crippen LogP contribution is 2.27. The van der Waals surface area contributed by atoms with Gasteiger partial charge in [-0.05, 0) is 18.4 Å². The summed E-state index contributed by atoms with van der Waals surface area (Å²) in [5.41, 5.74) is 1.63. The van der Waals surface area contributed by atoms with Gasteiger partial charge in [-0.1, -0.05) is 6.07 Å². The van der Waals surface area contributed by atoms with E-state index in [0.29, 0.717) is 30.3 Å². The van der Waals surface area contributed by atoms with Crippen molar-refractivity contribution in [2.75, 3.05) is 11.9 Å². The lowest BCUT2D eigenvalue weighted by atomic mass is 10.2. The van der Waals surface area contributed by atoms with Crippen LogP contribution in [0.5, 0.6) is 0 Å². The molecule has 132 valence electrons. The summed E-state index contributed by atoms with van der Waals surface area (Å²) in [4.78, 5) is 38.2. The number of carbonyl (C=O) groups excluding carboxylic acids is 3. The molecule has 0 fully saturated rings. The van der Waals surface area contributed by atoms with Gasteiger partial charge in [0.05, 0.1) is 23.7 Å². The number of aromatic amines is 1. The molecule has 0 aromatic carbocycles. The molecule has 0 saturated carbocycles. The number of aromatic nitrogens is 2. The van der Waals surface area contributed by atoms with Gasteiger partial charge in [0.1, 0.15) is 0 Å². The second kappa shape index (κ2) is 7.47. The summed E-state index contributed by atoms with van der Waals surface area (Å²) in [7, 11) is 0. The number of H-pyrrole nitrogens is 1. The maximum absolute atomic E-state index is 12.1. The Labute approximate surface area is 148 Å². The van der Waals surface area contributed by atoms with E-state index in [1.165, 1.54) is 11.3 Å². The van der Waals surface area contributed by atoms with Crippen molar-refractivity contribution in [2.24, 2.45) is 0 Å². The number of Topliss-reactive ketones (excluding diaryl/α,β-unsaturated/α-hetero) is 1. The highest BCUT2D eigenvalue weighted by Gasteiger charge is 2.28. The Morgan fingerprint density at radius 1 is 1.32 bits per heavy atom. The van der Waals surface area contributed by atoms with E-state index in [1.54, 1.807) is 11.0 Å². The van der Waals surface area contributed by atoms with Gasteiger partial charge < -0.3 is 15.5 Å². The van der Waals surface area contributed by atoms with Crippen LogP contribution >= 0.6 is 11.3 Å². The maximum Gasteiger partial charge on any atom is 0.318 e. The normalized spacial score (nSPS) is 12.8. The Bertz CT molecular complexity index is 784. The lowest BCUT2D eigenvalue weighted by molar-refractivity contribution is -0.116. The molecule has 2 aromatic heterocycles. The highest BCUT2D eigenvalue weighted by molar-refractivity contribution is 7.12. The minimum absolute atomic E-state index is 0.0418. The molecule has 1 aliphatic rings. The molecule has 0 atom stereocenters. The fourth-order valence-electron chi connectivity index (χ4n) is 2.63. The number of fused-ring (bicyclic) bond motifs is 1. The number of nitrogens with one attached hydrogen (secondary N) is 3. The Morgan fingerprint density at radius 3 is 2.88 bits per heavy atom. The van der Waals surface area contributed by atoms with Gasteiger partial charge in [-0.15, -0.1) is 11.3 Å². The van der Waals surface area contributed by atoms with Crippen molar-refractivity contribution in [3.05, 3.63) is 33.6 Å². The molecule has 0 aliphatic carbocycles. The van der Waals surface area contributed by atoms with Crippen LogP contribution in [0.4, 0.5) is 10.6 Å². The first-order valence-corrected chi connectivity index (χ1v) is 8.92. The van der Waals surface area contributed by atoms with Gasteiger partial charge in [0.25, 0.3) is 0 Å². The molecule has 3 heterocycles. The SMILES string of the molecule is CCNC(=O)N1Cc2[nH]nc(NC(=O)CCC(=O)c3cccs3)c2C1. The second-order valence-electron chi connectivity index (χ2n) is 5.67. The summed E-state index contributed by atoms with van der Waals surface area (Å²) in [5.74, 6) is 0.117. The average molecular weight is 361 g/mol. The van der Waals surface area contributed by atoms with Gasteiger partial charge in [-0.25, -0.2) is 4.79 Å². The molecule has 0 saturated heterocycles. The Kier molecular flexibility index (Phi) is 5.13. The van der Waals surface area contributed by atoms with Crippen LogP contribution < -0.4 is 10.6 Å². The smallest absolute Gasteiger partial charge is 0.318 e. The van der Waals surface area contributed by atoms with Gasteiger partial charge in [0, 0.05) is 24.9 Å². The number of hydrogen-bond acceptors (Lipinski definition) is 5. The zero-order chi connectivity index (χ0) is 17.8. The van der Waals surface area contributed by atoms with Crippen molar-refractivity contribution in [2.45, 2.75) is 32.9 Å². The van der Waals surface area contributed by atoms with E-state index in [4.69, 9.17) is 0 Å². The summed E-state index contributed by atoms with van der Waals surface area (Å²) in [6.07, 6.45) is 0.252. The van der Waals surface area contributed by atoms with Crippen LogP contribution in [0.25, 0.3) is 0 Å². The van der Waals surface area contributed by atoms with Crippen LogP contribution in [-0.4, -0.2) is 39.4 Å². The molecule has 0 unspecified atom stereocenters. The highest BCUT2D eigenvalue weighted by atomic mass is 32.1. The first kappa shape index (κ1) is 17.2. The van der Waals surface area contributed by atoms with Gasteiger partial charge >= 0.3 is 6.03 Å². The van der Waals surface area contributed by atoms with E-state index in [2.05, 4.69) is 20.8 Å². The van der Waals surface area contributed by atoms with E-state index < -0.39 is 0 Å². The average Bonchev–Trinajstić information content (AvgIpc) is 3.31. The molecular weight excluding hydrogens is 342 g/mol. The van der Waals surface area contributed by atoms with E-state index in [1.807, 2.05) is 18.4 Å². The number of hydrogen-bond donors (Lipinski definition) is 3. The summed E-state index contributed by atoms with van der Waals surface area (Å²) in [6, 6.07) is 3.42. The van der Waals surface area contributed by atoms with Crippen LogP contribution in [0.2, 0.25) is 0 Å². The topological polar surface area (TPSA) is 107 Å². The minimum atomic E-state index is -0.268. The second-order valence-corrected chi connectivity index (χ2v) is 6.62. The standard InChI is InChI=1S/C16H19N5O3S/c1-2-17-16(24)21-8-10-11(9-21)19-20-15(10)18-14(23)6-5-12(22)13-4-3-7-25-13/h3-4,7H,2,5-6,8-9H2,1H3,(H,17,24)(H2,18,19,20,23). The summed E-state index contributed by atoms with van der Waals surface area (Å²) < 4.78 is 0. The van der Waals surface area contributed by atoms with Crippen molar-refractivity contribution < 1.29 is 14.4 Å². The van der Waals surface area contributed by atoms with E-state index in [0.717, 1.165) is 11.3 Å². The molecule has 0 radical (unpaired) electrons. The molecule has 3 N–H and O–H groups in total. The molecule has 2 aromatic rings. The van der Waals surface area contributed by atoms with Crippen LogP contribution in [0.1, 0.15) is 40.7 Å². The first-order chi connectivity index (χ1) is 12.1. The molecule has 1 aliphatic heterocycles. The first-order valence-electron chi connectivity index (χ1n) is 8.04. The molecule has 3 rings (SSSR count). The molecular formula is C16H19N5O3S. The summed E-state index contributed by atoms with van der Waals surface area (Å²) in [6.45, 7) is 3.24. The van der Waals surface area contributed by atoms with Crippen molar-refractivity contribution in [3.63, 3.8) is 0 Å². The number of nitrogens with zero attached hydrogens (tertiary/aromatic N) is 2. The predicted molar refractivity (Wildman–Crippen MR) is 93.4 cm³/mol. The Morgan fingerprint density at radius 2 is 2.16 bits per heavy atom. The number of ketones is 1. The quantitative estimate of drug-likeness (QED) is 0.685. The monoisotopic (exact) mass is 361 g/mol. The summed E-state index contributed by atoms with van der Waals surface area (Å²) in [5, 5.41) is 14.3. The van der Waals surface area contributed by atoms with E-state index >= 15 is 0 Å². The maximum atomic E-state index is 12.1. The van der Waals surface area contributed by atoms with E-state index in [-0.39, 0.29) is 30.6 Å². The molecule has 0 spiro atoms. The van der Waals surface area contributed by atoms with Crippen LogP contribution in [-0.2, 0) is 17.9 Å². The number of rotatable bonds is 6. The molecule has 8 nitrogen and oxygen atoms in total. The van der Waals surface area contributed by atoms with E-state index in [9.17, 15) is 14.4 Å². The van der Waals surface area contributed by atoms with Crippen LogP contribution in [0, 0.1) is 0 Å². The Balaban J connectivity index is 1.54. The number of urea groups is 1. The van der Waals surface area contributed by atoms with Crippen molar-refractivity contribution >= 4 is 34.9 Å². The number of amides is 3. The van der Waals surface area contributed by atoms with Gasteiger partial charge in [-0.3, -0.25) is 14.7 Å². The molecule has 9 heteroatoms. The Hall–Kier alpha value is -2.68. The number of anilines is 1. The number of carbonyl (C=O) groups is 3. The minimum Gasteiger partial charge on any atom is -0.338 e. The number of thiophene rings is 1. The van der Waals surface area contributed by atoms with Crippen molar-refractivity contribution in [1.82, 2.24) is 20.4 Å². The van der Waals surface area contributed by atoms with Crippen molar-refractivity contribution in [1.29, 1.82) is 0 Å². The fourth-order valence-corrected chi connectivity index (χ4v) is 3.33. The largest absolute Gasteiger partial charge is 0.338 e. The zero-order valence-corrected chi connectivity index (χ0v) is 14.6. The summed E-state index contributed by atoms with van der Waals surface area (Å²) >= 11 is 1.37. The molecule has 25 heavy (non-hydrogen) atoms. The van der Waals surface area contributed by atoms with Crippen LogP contribution in [0.15, 0.2) is 17.5 Å². The third kappa shape index (κ3) is 3.87. The van der Waals surface area contributed by atoms with Gasteiger partial charge in [-0.2, -0.15) is 5.10 Å². The van der Waals surface area contributed by atoms with Gasteiger partial charge in [0.2, 0.25) is 5.91 Å². The van der Waals surface area contributed by atoms with Crippen molar-refractivity contribution in [3.8, 4) is 0 Å². The zero-order valence-electron chi connectivity index (χ0n) is 13.8. The lowest BCUT2D eigenvalue weighted by Gasteiger charge is -2.15.